The normalized spacial score (nSPS) is 11.4. The van der Waals surface area contributed by atoms with Gasteiger partial charge in [-0.15, -0.1) is 11.3 Å². The Labute approximate surface area is 109 Å². The average Bonchev–Trinajstić information content (AvgIpc) is 2.77. The molecule has 0 fully saturated rings. The molecule has 0 aliphatic carbocycles. The third-order valence-corrected chi connectivity index (χ3v) is 4.51. The highest BCUT2D eigenvalue weighted by atomic mass is 32.2. The molecule has 0 amide bonds. The molecule has 0 aliphatic rings. The van der Waals surface area contributed by atoms with Crippen LogP contribution in [0.3, 0.4) is 0 Å². The largest absolute Gasteiger partial charge is 0.395 e. The summed E-state index contributed by atoms with van der Waals surface area (Å²) in [4.78, 5) is 4.44. The standard InChI is InChI=1S/C11H16N4S2/c1-6(2)15-10(9(12)8(4)14-15)17-11-13-7(3)5-16-11/h5-6H,12H2,1-4H3. The quantitative estimate of drug-likeness (QED) is 0.928. The minimum absolute atomic E-state index is 0.301. The molecule has 0 aromatic carbocycles. The minimum Gasteiger partial charge on any atom is -0.395 e. The number of hydrogen-bond donors (Lipinski definition) is 1. The fourth-order valence-electron chi connectivity index (χ4n) is 1.45. The van der Waals surface area contributed by atoms with Gasteiger partial charge in [-0.05, 0) is 39.5 Å². The highest BCUT2D eigenvalue weighted by Crippen LogP contribution is 2.36. The van der Waals surface area contributed by atoms with Crippen LogP contribution in [-0.4, -0.2) is 14.8 Å². The van der Waals surface area contributed by atoms with Crippen LogP contribution in [0.4, 0.5) is 5.69 Å². The summed E-state index contributed by atoms with van der Waals surface area (Å²) in [5, 5.41) is 7.50. The van der Waals surface area contributed by atoms with Crippen molar-refractivity contribution in [2.24, 2.45) is 0 Å². The Morgan fingerprint density at radius 3 is 2.65 bits per heavy atom. The molecule has 2 aromatic rings. The second kappa shape index (κ2) is 4.70. The van der Waals surface area contributed by atoms with Crippen LogP contribution in [0.2, 0.25) is 0 Å². The second-order valence-corrected chi connectivity index (χ2v) is 6.29. The van der Waals surface area contributed by atoms with Crippen molar-refractivity contribution in [1.29, 1.82) is 0 Å². The predicted molar refractivity (Wildman–Crippen MR) is 72.7 cm³/mol. The van der Waals surface area contributed by atoms with Gasteiger partial charge in [-0.1, -0.05) is 0 Å². The molecule has 2 rings (SSSR count). The lowest BCUT2D eigenvalue weighted by Crippen LogP contribution is -2.04. The van der Waals surface area contributed by atoms with Crippen LogP contribution in [0.25, 0.3) is 0 Å². The zero-order chi connectivity index (χ0) is 12.6. The van der Waals surface area contributed by atoms with Crippen molar-refractivity contribution >= 4 is 28.8 Å². The van der Waals surface area contributed by atoms with E-state index in [-0.39, 0.29) is 0 Å². The molecule has 2 N–H and O–H groups in total. The molecule has 92 valence electrons. The van der Waals surface area contributed by atoms with E-state index in [4.69, 9.17) is 5.73 Å². The van der Waals surface area contributed by atoms with Crippen molar-refractivity contribution in [2.75, 3.05) is 5.73 Å². The molecule has 0 spiro atoms. The Morgan fingerprint density at radius 2 is 2.12 bits per heavy atom. The summed E-state index contributed by atoms with van der Waals surface area (Å²) >= 11 is 3.23. The van der Waals surface area contributed by atoms with E-state index >= 15 is 0 Å². The number of rotatable bonds is 3. The molecule has 17 heavy (non-hydrogen) atoms. The van der Waals surface area contributed by atoms with Crippen LogP contribution in [0.5, 0.6) is 0 Å². The lowest BCUT2D eigenvalue weighted by atomic mass is 10.4. The van der Waals surface area contributed by atoms with Gasteiger partial charge in [0, 0.05) is 17.1 Å². The molecular formula is C11H16N4S2. The van der Waals surface area contributed by atoms with E-state index in [0.717, 1.165) is 26.4 Å². The summed E-state index contributed by atoms with van der Waals surface area (Å²) in [6, 6.07) is 0.301. The smallest absolute Gasteiger partial charge is 0.156 e. The SMILES string of the molecule is Cc1csc(Sc2c(N)c(C)nn2C(C)C)n1. The van der Waals surface area contributed by atoms with Gasteiger partial charge in [0.05, 0.1) is 11.4 Å². The van der Waals surface area contributed by atoms with Crippen LogP contribution in [0.1, 0.15) is 31.3 Å². The molecular weight excluding hydrogens is 252 g/mol. The van der Waals surface area contributed by atoms with Crippen molar-refractivity contribution in [3.05, 3.63) is 16.8 Å². The molecule has 0 bridgehead atoms. The van der Waals surface area contributed by atoms with E-state index in [1.165, 1.54) is 0 Å². The Balaban J connectivity index is 2.37. The van der Waals surface area contributed by atoms with Gasteiger partial charge in [0.2, 0.25) is 0 Å². The number of thiazole rings is 1. The Kier molecular flexibility index (Phi) is 3.44. The Bertz CT molecular complexity index is 528. The number of aromatic nitrogens is 3. The monoisotopic (exact) mass is 268 g/mol. The maximum atomic E-state index is 6.07. The van der Waals surface area contributed by atoms with Gasteiger partial charge in [0.15, 0.2) is 4.34 Å². The number of aryl methyl sites for hydroxylation is 2. The van der Waals surface area contributed by atoms with Crippen molar-refractivity contribution in [3.8, 4) is 0 Å². The minimum atomic E-state index is 0.301. The lowest BCUT2D eigenvalue weighted by molar-refractivity contribution is 0.491. The third kappa shape index (κ3) is 2.47. The first-order chi connectivity index (χ1) is 7.99. The molecule has 0 unspecified atom stereocenters. The molecule has 0 aliphatic heterocycles. The van der Waals surface area contributed by atoms with Gasteiger partial charge in [-0.25, -0.2) is 4.98 Å². The average molecular weight is 268 g/mol. The van der Waals surface area contributed by atoms with E-state index < -0.39 is 0 Å². The third-order valence-electron chi connectivity index (χ3n) is 2.36. The zero-order valence-electron chi connectivity index (χ0n) is 10.4. The van der Waals surface area contributed by atoms with Gasteiger partial charge >= 0.3 is 0 Å². The summed E-state index contributed by atoms with van der Waals surface area (Å²) in [6.07, 6.45) is 0. The van der Waals surface area contributed by atoms with E-state index in [1.807, 2.05) is 23.9 Å². The van der Waals surface area contributed by atoms with Crippen LogP contribution >= 0.6 is 23.1 Å². The molecule has 0 saturated heterocycles. The Morgan fingerprint density at radius 1 is 1.41 bits per heavy atom. The molecule has 4 nitrogen and oxygen atoms in total. The van der Waals surface area contributed by atoms with Crippen molar-refractivity contribution in [1.82, 2.24) is 14.8 Å². The first kappa shape index (κ1) is 12.4. The van der Waals surface area contributed by atoms with Gasteiger partial charge < -0.3 is 5.73 Å². The van der Waals surface area contributed by atoms with E-state index in [2.05, 4.69) is 23.9 Å². The topological polar surface area (TPSA) is 56.7 Å². The van der Waals surface area contributed by atoms with E-state index in [9.17, 15) is 0 Å². The molecule has 0 saturated carbocycles. The van der Waals surface area contributed by atoms with E-state index in [1.54, 1.807) is 23.1 Å². The number of hydrogen-bond acceptors (Lipinski definition) is 5. The first-order valence-electron chi connectivity index (χ1n) is 5.43. The molecule has 2 heterocycles. The second-order valence-electron chi connectivity index (χ2n) is 4.20. The fourth-order valence-corrected chi connectivity index (χ4v) is 3.50. The molecule has 0 radical (unpaired) electrons. The Hall–Kier alpha value is -1.01. The van der Waals surface area contributed by atoms with Gasteiger partial charge in [-0.3, -0.25) is 4.68 Å². The van der Waals surface area contributed by atoms with Crippen molar-refractivity contribution in [3.63, 3.8) is 0 Å². The lowest BCUT2D eigenvalue weighted by Gasteiger charge is -2.09. The summed E-state index contributed by atoms with van der Waals surface area (Å²) in [6.45, 7) is 8.13. The number of nitrogens with two attached hydrogens (primary N) is 1. The first-order valence-corrected chi connectivity index (χ1v) is 7.13. The van der Waals surface area contributed by atoms with Crippen LogP contribution < -0.4 is 5.73 Å². The van der Waals surface area contributed by atoms with Crippen LogP contribution in [-0.2, 0) is 0 Å². The summed E-state index contributed by atoms with van der Waals surface area (Å²) in [7, 11) is 0. The van der Waals surface area contributed by atoms with Crippen molar-refractivity contribution in [2.45, 2.75) is 43.1 Å². The number of nitrogen functional groups attached to an aromatic ring is 1. The van der Waals surface area contributed by atoms with Crippen LogP contribution in [0.15, 0.2) is 14.7 Å². The zero-order valence-corrected chi connectivity index (χ0v) is 12.0. The predicted octanol–water partition coefficient (Wildman–Crippen LogP) is 3.27. The fraction of sp³-hybridized carbons (Fsp3) is 0.455. The highest BCUT2D eigenvalue weighted by Gasteiger charge is 2.17. The summed E-state index contributed by atoms with van der Waals surface area (Å²) in [5.74, 6) is 0. The van der Waals surface area contributed by atoms with Gasteiger partial charge in [-0.2, -0.15) is 5.10 Å². The van der Waals surface area contributed by atoms with Crippen LogP contribution in [0, 0.1) is 13.8 Å². The maximum absolute atomic E-state index is 6.07. The summed E-state index contributed by atoms with van der Waals surface area (Å²) in [5.41, 5.74) is 8.76. The van der Waals surface area contributed by atoms with Gasteiger partial charge in [0.1, 0.15) is 5.03 Å². The van der Waals surface area contributed by atoms with Crippen molar-refractivity contribution < 1.29 is 0 Å². The molecule has 2 aromatic heterocycles. The number of anilines is 1. The summed E-state index contributed by atoms with van der Waals surface area (Å²) < 4.78 is 2.97. The molecule has 6 heteroatoms. The van der Waals surface area contributed by atoms with E-state index in [0.29, 0.717) is 6.04 Å². The molecule has 0 atom stereocenters. The highest BCUT2D eigenvalue weighted by molar-refractivity contribution is 8.01. The van der Waals surface area contributed by atoms with Gasteiger partial charge in [0.25, 0.3) is 0 Å². The number of nitrogens with zero attached hydrogens (tertiary/aromatic N) is 3. The maximum Gasteiger partial charge on any atom is 0.156 e.